The van der Waals surface area contributed by atoms with E-state index in [2.05, 4.69) is 46.5 Å². The van der Waals surface area contributed by atoms with Gasteiger partial charge in [-0.1, -0.05) is 41.9 Å². The summed E-state index contributed by atoms with van der Waals surface area (Å²) in [5, 5.41) is 6.58. The van der Waals surface area contributed by atoms with Gasteiger partial charge in [0.2, 0.25) is 5.91 Å². The minimum absolute atomic E-state index is 0.0193. The van der Waals surface area contributed by atoms with Gasteiger partial charge in [-0.05, 0) is 56.5 Å². The minimum atomic E-state index is -0.340. The summed E-state index contributed by atoms with van der Waals surface area (Å²) in [5.74, 6) is 0.546. The Hall–Kier alpha value is -0.870. The number of carbonyl (C=O) groups excluding carboxylic acids is 1. The molecule has 2 N–H and O–H groups in total. The highest BCUT2D eigenvalue weighted by atomic mass is 79.9. The smallest absolute Gasteiger partial charge is 0.226 e. The van der Waals surface area contributed by atoms with Crippen LogP contribution in [0, 0.1) is 11.3 Å². The molecule has 1 saturated heterocycles. The molecule has 1 unspecified atom stereocenters. The summed E-state index contributed by atoms with van der Waals surface area (Å²) in [5.41, 5.74) is 0.781. The van der Waals surface area contributed by atoms with Crippen LogP contribution in [0.2, 0.25) is 0 Å². The molecule has 0 saturated carbocycles. The molecule has 0 spiro atoms. The third-order valence-electron chi connectivity index (χ3n) is 4.60. The van der Waals surface area contributed by atoms with Crippen molar-refractivity contribution in [3.05, 3.63) is 34.3 Å². The SMILES string of the molecule is C[C@H](NC(=O)C(C)(C)C1CCCNC1)c1cccc(Br)c1. The number of benzene rings is 1. The van der Waals surface area contributed by atoms with Gasteiger partial charge in [-0.15, -0.1) is 0 Å². The van der Waals surface area contributed by atoms with Gasteiger partial charge in [0.15, 0.2) is 0 Å². The Kier molecular flexibility index (Phi) is 5.44. The van der Waals surface area contributed by atoms with Crippen molar-refractivity contribution in [2.75, 3.05) is 13.1 Å². The summed E-state index contributed by atoms with van der Waals surface area (Å²) < 4.78 is 1.04. The topological polar surface area (TPSA) is 41.1 Å². The maximum atomic E-state index is 12.7. The largest absolute Gasteiger partial charge is 0.349 e. The molecule has 2 atom stereocenters. The van der Waals surface area contributed by atoms with Crippen molar-refractivity contribution in [3.63, 3.8) is 0 Å². The van der Waals surface area contributed by atoms with Crippen LogP contribution in [0.1, 0.15) is 45.2 Å². The molecule has 1 aromatic rings. The molecule has 0 aromatic heterocycles. The average Bonchev–Trinajstić information content (AvgIpc) is 2.48. The molecule has 1 fully saturated rings. The van der Waals surface area contributed by atoms with Crippen molar-refractivity contribution in [2.24, 2.45) is 11.3 Å². The number of amides is 1. The predicted octanol–water partition coefficient (Wildman–Crippen LogP) is 3.65. The molecule has 1 heterocycles. The fourth-order valence-electron chi connectivity index (χ4n) is 2.90. The van der Waals surface area contributed by atoms with Gasteiger partial charge in [-0.3, -0.25) is 4.79 Å². The fraction of sp³-hybridized carbons (Fsp3) is 0.588. The first-order valence-electron chi connectivity index (χ1n) is 7.68. The predicted molar refractivity (Wildman–Crippen MR) is 90.1 cm³/mol. The van der Waals surface area contributed by atoms with Gasteiger partial charge in [0.25, 0.3) is 0 Å². The Bertz CT molecular complexity index is 495. The van der Waals surface area contributed by atoms with Crippen molar-refractivity contribution in [3.8, 4) is 0 Å². The zero-order valence-corrected chi connectivity index (χ0v) is 14.7. The van der Waals surface area contributed by atoms with E-state index in [9.17, 15) is 4.79 Å². The van der Waals surface area contributed by atoms with Gasteiger partial charge in [-0.2, -0.15) is 0 Å². The molecule has 21 heavy (non-hydrogen) atoms. The summed E-state index contributed by atoms with van der Waals surface area (Å²) in [4.78, 5) is 12.7. The molecule has 1 aromatic carbocycles. The Labute approximate surface area is 136 Å². The third kappa shape index (κ3) is 4.07. The number of hydrogen-bond acceptors (Lipinski definition) is 2. The Balaban J connectivity index is 2.02. The van der Waals surface area contributed by atoms with E-state index >= 15 is 0 Å². The first-order chi connectivity index (χ1) is 9.91. The summed E-state index contributed by atoms with van der Waals surface area (Å²) >= 11 is 3.48. The summed E-state index contributed by atoms with van der Waals surface area (Å²) in [7, 11) is 0. The normalized spacial score (nSPS) is 20.9. The van der Waals surface area contributed by atoms with Gasteiger partial charge in [0.1, 0.15) is 0 Å². The molecular weight excluding hydrogens is 328 g/mol. The van der Waals surface area contributed by atoms with E-state index in [-0.39, 0.29) is 17.4 Å². The lowest BCUT2D eigenvalue weighted by Crippen LogP contribution is -2.47. The number of piperidine rings is 1. The van der Waals surface area contributed by atoms with Gasteiger partial charge in [0, 0.05) is 9.89 Å². The molecule has 116 valence electrons. The molecule has 2 rings (SSSR count). The fourth-order valence-corrected chi connectivity index (χ4v) is 3.31. The standard InChI is InChI=1S/C17H25BrN2O/c1-12(13-6-4-8-15(18)10-13)20-16(21)17(2,3)14-7-5-9-19-11-14/h4,6,8,10,12,14,19H,5,7,9,11H2,1-3H3,(H,20,21)/t12-,14?/m0/s1. The highest BCUT2D eigenvalue weighted by Crippen LogP contribution is 2.32. The number of halogens is 1. The first-order valence-corrected chi connectivity index (χ1v) is 8.47. The Morgan fingerprint density at radius 2 is 2.24 bits per heavy atom. The highest BCUT2D eigenvalue weighted by molar-refractivity contribution is 9.10. The lowest BCUT2D eigenvalue weighted by molar-refractivity contribution is -0.133. The van der Waals surface area contributed by atoms with E-state index in [1.807, 2.05) is 25.1 Å². The first kappa shape index (κ1) is 16.5. The van der Waals surface area contributed by atoms with E-state index in [0.717, 1.165) is 36.0 Å². The van der Waals surface area contributed by atoms with Crippen LogP contribution in [0.3, 0.4) is 0 Å². The molecule has 0 bridgehead atoms. The Morgan fingerprint density at radius 1 is 1.48 bits per heavy atom. The van der Waals surface area contributed by atoms with E-state index in [4.69, 9.17) is 0 Å². The second kappa shape index (κ2) is 6.93. The van der Waals surface area contributed by atoms with Crippen molar-refractivity contribution >= 4 is 21.8 Å². The molecule has 1 aliphatic heterocycles. The zero-order chi connectivity index (χ0) is 15.5. The zero-order valence-electron chi connectivity index (χ0n) is 13.1. The Morgan fingerprint density at radius 3 is 2.86 bits per heavy atom. The van der Waals surface area contributed by atoms with Crippen LogP contribution in [-0.2, 0) is 4.79 Å². The molecule has 0 aliphatic carbocycles. The van der Waals surface area contributed by atoms with E-state index in [0.29, 0.717) is 5.92 Å². The molecular formula is C17H25BrN2O. The second-order valence-electron chi connectivity index (χ2n) is 6.52. The van der Waals surface area contributed by atoms with Gasteiger partial charge in [-0.25, -0.2) is 0 Å². The van der Waals surface area contributed by atoms with Crippen molar-refractivity contribution in [1.29, 1.82) is 0 Å². The molecule has 0 radical (unpaired) electrons. The number of hydrogen-bond donors (Lipinski definition) is 2. The number of rotatable bonds is 4. The van der Waals surface area contributed by atoms with Gasteiger partial charge < -0.3 is 10.6 Å². The van der Waals surface area contributed by atoms with Crippen LogP contribution in [0.15, 0.2) is 28.7 Å². The summed E-state index contributed by atoms with van der Waals surface area (Å²) in [6.45, 7) is 8.17. The minimum Gasteiger partial charge on any atom is -0.349 e. The maximum absolute atomic E-state index is 12.7. The lowest BCUT2D eigenvalue weighted by Gasteiger charge is -2.36. The second-order valence-corrected chi connectivity index (χ2v) is 7.43. The van der Waals surface area contributed by atoms with Crippen molar-refractivity contribution in [2.45, 2.75) is 39.7 Å². The van der Waals surface area contributed by atoms with Crippen LogP contribution in [0.5, 0.6) is 0 Å². The van der Waals surface area contributed by atoms with Gasteiger partial charge in [0.05, 0.1) is 6.04 Å². The van der Waals surface area contributed by atoms with E-state index < -0.39 is 0 Å². The molecule has 3 nitrogen and oxygen atoms in total. The number of nitrogens with one attached hydrogen (secondary N) is 2. The van der Waals surface area contributed by atoms with E-state index in [1.165, 1.54) is 0 Å². The summed E-state index contributed by atoms with van der Waals surface area (Å²) in [6.07, 6.45) is 2.28. The monoisotopic (exact) mass is 352 g/mol. The summed E-state index contributed by atoms with van der Waals surface area (Å²) in [6, 6.07) is 8.12. The van der Waals surface area contributed by atoms with Crippen LogP contribution in [0.25, 0.3) is 0 Å². The molecule has 1 aliphatic rings. The lowest BCUT2D eigenvalue weighted by atomic mass is 9.74. The van der Waals surface area contributed by atoms with Crippen molar-refractivity contribution < 1.29 is 4.79 Å². The van der Waals surface area contributed by atoms with Crippen LogP contribution in [-0.4, -0.2) is 19.0 Å². The van der Waals surface area contributed by atoms with Crippen LogP contribution < -0.4 is 10.6 Å². The van der Waals surface area contributed by atoms with Crippen LogP contribution >= 0.6 is 15.9 Å². The molecule has 4 heteroatoms. The molecule has 1 amide bonds. The van der Waals surface area contributed by atoms with Crippen molar-refractivity contribution in [1.82, 2.24) is 10.6 Å². The maximum Gasteiger partial charge on any atom is 0.226 e. The van der Waals surface area contributed by atoms with E-state index in [1.54, 1.807) is 0 Å². The van der Waals surface area contributed by atoms with Crippen LogP contribution in [0.4, 0.5) is 0 Å². The quantitative estimate of drug-likeness (QED) is 0.868. The highest BCUT2D eigenvalue weighted by Gasteiger charge is 2.37. The average molecular weight is 353 g/mol. The third-order valence-corrected chi connectivity index (χ3v) is 5.09. The van der Waals surface area contributed by atoms with Gasteiger partial charge >= 0.3 is 0 Å². The number of carbonyl (C=O) groups is 1.